The Balaban J connectivity index is 0.000000738. The van der Waals surface area contributed by atoms with Gasteiger partial charge in [-0.25, -0.2) is 13.6 Å². The smallest absolute Gasteiger partial charge is 0.490 e. The Hall–Kier alpha value is -3.98. The highest BCUT2D eigenvalue weighted by molar-refractivity contribution is 5.97. The quantitative estimate of drug-likeness (QED) is 0.139. The number of phenolic OH excluding ortho intramolecular Hbond substituents is 1. The number of hydrogen-bond donors (Lipinski definition) is 4. The van der Waals surface area contributed by atoms with Crippen LogP contribution >= 0.6 is 0 Å². The molecule has 0 unspecified atom stereocenters. The van der Waals surface area contributed by atoms with Gasteiger partial charge in [0.05, 0.1) is 19.6 Å². The van der Waals surface area contributed by atoms with Crippen LogP contribution in [0.1, 0.15) is 49.7 Å². The molecule has 4 N–H and O–H groups in total. The van der Waals surface area contributed by atoms with E-state index in [0.29, 0.717) is 56.1 Å². The Morgan fingerprint density at radius 3 is 2.41 bits per heavy atom. The lowest BCUT2D eigenvalue weighted by Crippen LogP contribution is -2.45. The zero-order valence-electron chi connectivity index (χ0n) is 25.1. The molecule has 2 aliphatic rings. The van der Waals surface area contributed by atoms with Gasteiger partial charge < -0.3 is 35.2 Å². The molecular formula is C31H38F5N3O7. The topological polar surface area (TPSA) is 137 Å². The highest BCUT2D eigenvalue weighted by Gasteiger charge is 2.38. The SMILES string of the molecule is O=C(O)C(F)(F)F.O=C1COc2c(CCNCCN(C(=O)CCOCCc3ccc(F)c(F)c3)C3CCCCC3)ccc(O)c2N1. The predicted octanol–water partition coefficient (Wildman–Crippen LogP) is 4.58. The van der Waals surface area contributed by atoms with Crippen molar-refractivity contribution in [3.63, 3.8) is 0 Å². The summed E-state index contributed by atoms with van der Waals surface area (Å²) < 4.78 is 69.4. The number of ether oxygens (including phenoxy) is 2. The molecule has 1 aliphatic carbocycles. The molecule has 10 nitrogen and oxygen atoms in total. The van der Waals surface area contributed by atoms with E-state index in [-0.39, 0.29) is 43.2 Å². The van der Waals surface area contributed by atoms with Crippen molar-refractivity contribution in [2.24, 2.45) is 0 Å². The van der Waals surface area contributed by atoms with Gasteiger partial charge in [0.15, 0.2) is 24.0 Å². The van der Waals surface area contributed by atoms with Crippen LogP contribution in [0.25, 0.3) is 0 Å². The van der Waals surface area contributed by atoms with Crippen molar-refractivity contribution in [3.8, 4) is 11.5 Å². The van der Waals surface area contributed by atoms with Gasteiger partial charge in [0.2, 0.25) is 5.91 Å². The Labute approximate surface area is 262 Å². The van der Waals surface area contributed by atoms with Crippen molar-refractivity contribution in [2.45, 2.75) is 63.6 Å². The number of phenols is 1. The van der Waals surface area contributed by atoms with Crippen LogP contribution in [0.15, 0.2) is 30.3 Å². The zero-order valence-corrected chi connectivity index (χ0v) is 25.1. The number of amides is 2. The minimum Gasteiger partial charge on any atom is -0.506 e. The summed E-state index contributed by atoms with van der Waals surface area (Å²) in [6.45, 7) is 2.41. The normalized spacial score (nSPS) is 14.8. The lowest BCUT2D eigenvalue weighted by molar-refractivity contribution is -0.192. The molecule has 1 saturated carbocycles. The van der Waals surface area contributed by atoms with Crippen LogP contribution in [0, 0.1) is 11.6 Å². The van der Waals surface area contributed by atoms with Crippen molar-refractivity contribution < 1.29 is 56.0 Å². The van der Waals surface area contributed by atoms with Crippen LogP contribution in [0.2, 0.25) is 0 Å². The first-order valence-electron chi connectivity index (χ1n) is 15.0. The van der Waals surface area contributed by atoms with Gasteiger partial charge in [0, 0.05) is 19.1 Å². The number of alkyl halides is 3. The number of benzene rings is 2. The van der Waals surface area contributed by atoms with Crippen LogP contribution < -0.4 is 15.4 Å². The molecule has 15 heteroatoms. The summed E-state index contributed by atoms with van der Waals surface area (Å²) in [5.74, 6) is -4.26. The van der Waals surface area contributed by atoms with Crippen molar-refractivity contribution in [1.82, 2.24) is 10.2 Å². The Kier molecular flexibility index (Phi) is 14.0. The number of halogens is 5. The van der Waals surface area contributed by atoms with Gasteiger partial charge in [-0.2, -0.15) is 13.2 Å². The lowest BCUT2D eigenvalue weighted by Gasteiger charge is -2.34. The summed E-state index contributed by atoms with van der Waals surface area (Å²) >= 11 is 0. The van der Waals surface area contributed by atoms with Crippen molar-refractivity contribution in [3.05, 3.63) is 53.1 Å². The standard InChI is InChI=1S/C29H37F2N3O5.C2HF3O2/c30-23-8-6-20(18-24(23)31)11-16-38-17-12-27(37)34(22-4-2-1-3-5-22)15-14-32-13-10-21-7-9-25(35)28-29(21)39-19-26(36)33-28;3-2(4,5)1(6)7/h6-9,18,22,32,35H,1-5,10-17,19H2,(H,33,36);(H,6,7). The van der Waals surface area contributed by atoms with E-state index >= 15 is 0 Å². The van der Waals surface area contributed by atoms with Gasteiger partial charge in [-0.1, -0.05) is 31.4 Å². The molecular weight excluding hydrogens is 621 g/mol. The number of anilines is 1. The molecule has 1 heterocycles. The number of nitrogens with one attached hydrogen (secondary N) is 2. The molecule has 1 fully saturated rings. The van der Waals surface area contributed by atoms with Gasteiger partial charge in [0.25, 0.3) is 5.91 Å². The number of aromatic hydroxyl groups is 1. The average molecular weight is 660 g/mol. The number of hydrogen-bond acceptors (Lipinski definition) is 7. The molecule has 0 atom stereocenters. The van der Waals surface area contributed by atoms with E-state index in [0.717, 1.165) is 37.3 Å². The van der Waals surface area contributed by atoms with E-state index < -0.39 is 23.8 Å². The molecule has 254 valence electrons. The highest BCUT2D eigenvalue weighted by atomic mass is 19.4. The van der Waals surface area contributed by atoms with E-state index in [4.69, 9.17) is 19.4 Å². The second kappa shape index (κ2) is 17.6. The molecule has 46 heavy (non-hydrogen) atoms. The number of fused-ring (bicyclic) bond motifs is 1. The molecule has 2 aromatic carbocycles. The predicted molar refractivity (Wildman–Crippen MR) is 157 cm³/mol. The lowest BCUT2D eigenvalue weighted by atomic mass is 9.94. The minimum absolute atomic E-state index is 0.0234. The van der Waals surface area contributed by atoms with E-state index in [2.05, 4.69) is 10.6 Å². The summed E-state index contributed by atoms with van der Waals surface area (Å²) in [4.78, 5) is 35.6. The molecule has 2 aromatic rings. The fourth-order valence-corrected chi connectivity index (χ4v) is 5.15. The number of carbonyl (C=O) groups excluding carboxylic acids is 2. The first-order valence-corrected chi connectivity index (χ1v) is 15.0. The molecule has 0 saturated heterocycles. The first-order chi connectivity index (χ1) is 21.9. The van der Waals surface area contributed by atoms with Gasteiger partial charge in [-0.05, 0) is 61.6 Å². The summed E-state index contributed by atoms with van der Waals surface area (Å²) in [5.41, 5.74) is 1.85. The Morgan fingerprint density at radius 2 is 1.74 bits per heavy atom. The molecule has 0 bridgehead atoms. The Bertz CT molecular complexity index is 1340. The number of nitrogens with zero attached hydrogens (tertiary/aromatic N) is 1. The van der Waals surface area contributed by atoms with Gasteiger partial charge >= 0.3 is 12.1 Å². The van der Waals surface area contributed by atoms with E-state index in [1.807, 2.05) is 4.90 Å². The molecule has 1 aliphatic heterocycles. The van der Waals surface area contributed by atoms with Crippen LogP contribution in [0.3, 0.4) is 0 Å². The third-order valence-corrected chi connectivity index (χ3v) is 7.49. The third-order valence-electron chi connectivity index (χ3n) is 7.49. The Morgan fingerprint density at radius 1 is 1.02 bits per heavy atom. The summed E-state index contributed by atoms with van der Waals surface area (Å²) in [5, 5.41) is 23.2. The van der Waals surface area contributed by atoms with Gasteiger partial charge in [-0.3, -0.25) is 9.59 Å². The number of carboxylic acids is 1. The zero-order chi connectivity index (χ0) is 33.7. The molecule has 2 amide bonds. The minimum atomic E-state index is -5.08. The van der Waals surface area contributed by atoms with E-state index in [9.17, 15) is 36.6 Å². The largest absolute Gasteiger partial charge is 0.506 e. The number of carboxylic acid groups (broad SMARTS) is 1. The van der Waals surface area contributed by atoms with Crippen molar-refractivity contribution in [2.75, 3.05) is 44.8 Å². The van der Waals surface area contributed by atoms with Crippen LogP contribution in [0.4, 0.5) is 27.6 Å². The van der Waals surface area contributed by atoms with Crippen LogP contribution in [0.5, 0.6) is 11.5 Å². The van der Waals surface area contributed by atoms with Crippen LogP contribution in [-0.2, 0) is 32.0 Å². The van der Waals surface area contributed by atoms with Crippen molar-refractivity contribution >= 4 is 23.5 Å². The highest BCUT2D eigenvalue weighted by Crippen LogP contribution is 2.39. The van der Waals surface area contributed by atoms with Crippen molar-refractivity contribution in [1.29, 1.82) is 0 Å². The molecule has 0 radical (unpaired) electrons. The molecule has 4 rings (SSSR count). The maximum absolute atomic E-state index is 13.4. The fourth-order valence-electron chi connectivity index (χ4n) is 5.15. The average Bonchev–Trinajstić information content (AvgIpc) is 3.01. The third kappa shape index (κ3) is 11.4. The second-order valence-corrected chi connectivity index (χ2v) is 10.8. The molecule has 0 spiro atoms. The number of rotatable bonds is 13. The monoisotopic (exact) mass is 659 g/mol. The maximum Gasteiger partial charge on any atom is 0.490 e. The summed E-state index contributed by atoms with van der Waals surface area (Å²) in [6, 6.07) is 7.38. The van der Waals surface area contributed by atoms with Gasteiger partial charge in [-0.15, -0.1) is 0 Å². The maximum atomic E-state index is 13.4. The number of carbonyl (C=O) groups is 3. The van der Waals surface area contributed by atoms with Gasteiger partial charge in [0.1, 0.15) is 11.4 Å². The second-order valence-electron chi connectivity index (χ2n) is 10.8. The first kappa shape index (κ1) is 36.5. The summed E-state index contributed by atoms with van der Waals surface area (Å²) in [6.07, 6.45) is 1.73. The van der Waals surface area contributed by atoms with Crippen LogP contribution in [-0.4, -0.2) is 84.6 Å². The fraction of sp³-hybridized carbons (Fsp3) is 0.516. The number of aliphatic carboxylic acids is 1. The van der Waals surface area contributed by atoms with E-state index in [1.165, 1.54) is 18.6 Å². The molecule has 0 aromatic heterocycles. The van der Waals surface area contributed by atoms with E-state index in [1.54, 1.807) is 12.1 Å². The summed E-state index contributed by atoms with van der Waals surface area (Å²) in [7, 11) is 0.